The maximum absolute atomic E-state index is 4.92. The van der Waals surface area contributed by atoms with Crippen molar-refractivity contribution in [2.24, 2.45) is 0 Å². The molecule has 0 atom stereocenters. The van der Waals surface area contributed by atoms with E-state index in [4.69, 9.17) is 4.98 Å². The summed E-state index contributed by atoms with van der Waals surface area (Å²) in [7, 11) is 0. The van der Waals surface area contributed by atoms with E-state index in [9.17, 15) is 0 Å². The number of para-hydroxylation sites is 2. The number of benzene rings is 5. The summed E-state index contributed by atoms with van der Waals surface area (Å²) in [5, 5.41) is 5.13. The van der Waals surface area contributed by atoms with Crippen LogP contribution in [0.5, 0.6) is 0 Å². The van der Waals surface area contributed by atoms with Crippen LogP contribution >= 0.6 is 0 Å². The largest absolute Gasteiger partial charge is 0.350 e. The van der Waals surface area contributed by atoms with Crippen LogP contribution in [0.25, 0.3) is 71.7 Å². The van der Waals surface area contributed by atoms with E-state index in [2.05, 4.69) is 133 Å². The molecule has 1 radical (unpaired) electrons. The predicted molar refractivity (Wildman–Crippen MR) is 196 cm³/mol. The van der Waals surface area contributed by atoms with E-state index in [0.29, 0.717) is 0 Å². The Morgan fingerprint density at radius 3 is 2.06 bits per heavy atom. The van der Waals surface area contributed by atoms with Gasteiger partial charge in [0.15, 0.2) is 0 Å². The zero-order chi connectivity index (χ0) is 32.0. The van der Waals surface area contributed by atoms with Gasteiger partial charge in [0.2, 0.25) is 0 Å². The molecule has 5 aromatic carbocycles. The molecular formula is C44H33IrN3-2. The Bertz CT molecular complexity index is 2440. The van der Waals surface area contributed by atoms with E-state index >= 15 is 0 Å². The van der Waals surface area contributed by atoms with Crippen LogP contribution in [0.15, 0.2) is 146 Å². The van der Waals surface area contributed by atoms with Gasteiger partial charge in [-0.05, 0) is 51.0 Å². The molecule has 0 N–H and O–H groups in total. The van der Waals surface area contributed by atoms with Crippen LogP contribution in [0.4, 0.5) is 0 Å². The zero-order valence-corrected chi connectivity index (χ0v) is 29.4. The van der Waals surface area contributed by atoms with Gasteiger partial charge in [-0.15, -0.1) is 59.7 Å². The molecule has 9 rings (SSSR count). The van der Waals surface area contributed by atoms with Crippen LogP contribution < -0.4 is 0 Å². The maximum atomic E-state index is 4.92. The molecule has 0 aliphatic rings. The zero-order valence-electron chi connectivity index (χ0n) is 27.0. The van der Waals surface area contributed by atoms with Crippen molar-refractivity contribution < 1.29 is 20.1 Å². The fraction of sp³-hybridized carbons (Fsp3) is 0.0909. The second-order valence-electron chi connectivity index (χ2n) is 12.9. The van der Waals surface area contributed by atoms with E-state index in [0.717, 1.165) is 22.5 Å². The third kappa shape index (κ3) is 5.58. The summed E-state index contributed by atoms with van der Waals surface area (Å²) in [6.45, 7) is 6.80. The third-order valence-electron chi connectivity index (χ3n) is 8.88. The molecule has 0 unspecified atom stereocenters. The molecule has 3 nitrogen and oxygen atoms in total. The minimum atomic E-state index is -0.0115. The SMILES string of the molecule is CC(C)(C)c1cc(-c2[c-]cc3c(c2)c2cccc4c5ccccc5n3c24)ncc1-c1ccccc1.[Ir].[c-]1ccccc1-c1ccccn1. The van der Waals surface area contributed by atoms with E-state index in [-0.39, 0.29) is 25.5 Å². The van der Waals surface area contributed by atoms with Gasteiger partial charge in [-0.1, -0.05) is 111 Å². The molecule has 0 fully saturated rings. The second-order valence-corrected chi connectivity index (χ2v) is 12.9. The monoisotopic (exact) mass is 796 g/mol. The van der Waals surface area contributed by atoms with Crippen molar-refractivity contribution in [1.29, 1.82) is 0 Å². The molecule has 0 aliphatic heterocycles. The number of hydrogen-bond donors (Lipinski definition) is 0. The average molecular weight is 796 g/mol. The van der Waals surface area contributed by atoms with Gasteiger partial charge in [0.25, 0.3) is 0 Å². The van der Waals surface area contributed by atoms with Crippen LogP contribution in [0.3, 0.4) is 0 Å². The van der Waals surface area contributed by atoms with Crippen LogP contribution in [0.2, 0.25) is 0 Å². The fourth-order valence-corrected chi connectivity index (χ4v) is 6.66. The third-order valence-corrected chi connectivity index (χ3v) is 8.88. The van der Waals surface area contributed by atoms with Crippen LogP contribution in [0.1, 0.15) is 26.3 Å². The Morgan fingerprint density at radius 1 is 0.583 bits per heavy atom. The van der Waals surface area contributed by atoms with Crippen molar-refractivity contribution in [1.82, 2.24) is 14.4 Å². The molecule has 235 valence electrons. The number of aromatic nitrogens is 3. The summed E-state index contributed by atoms with van der Waals surface area (Å²) in [6, 6.07) is 52.9. The Hall–Kier alpha value is -5.15. The standard InChI is InChI=1S/C33H25N2.C11H8N.Ir/c1-33(2,3)28-19-29(34-20-27(28)21-10-5-4-6-11-21)22-16-17-31-26(18-22)25-14-9-13-24-23-12-7-8-15-30(23)35(31)32(24)25;1-2-6-10(7-3-1)11-8-4-5-9-12-11;/h4-15,17-20H,1-3H3;1-6,8-9H;/q2*-1;. The van der Waals surface area contributed by atoms with Crippen molar-refractivity contribution in [3.05, 3.63) is 164 Å². The molecule has 48 heavy (non-hydrogen) atoms. The van der Waals surface area contributed by atoms with Crippen molar-refractivity contribution in [2.75, 3.05) is 0 Å². The van der Waals surface area contributed by atoms with Crippen molar-refractivity contribution >= 4 is 38.1 Å². The molecule has 0 spiro atoms. The van der Waals surface area contributed by atoms with Gasteiger partial charge < -0.3 is 14.4 Å². The van der Waals surface area contributed by atoms with Crippen molar-refractivity contribution in [2.45, 2.75) is 26.2 Å². The van der Waals surface area contributed by atoms with Gasteiger partial charge in [-0.25, -0.2) is 0 Å². The quantitative estimate of drug-likeness (QED) is 0.167. The normalized spacial score (nSPS) is 11.5. The summed E-state index contributed by atoms with van der Waals surface area (Å²) in [5.41, 5.74) is 11.4. The van der Waals surface area contributed by atoms with Gasteiger partial charge >= 0.3 is 0 Å². The maximum Gasteiger partial charge on any atom is 0.0516 e. The fourth-order valence-electron chi connectivity index (χ4n) is 6.66. The predicted octanol–water partition coefficient (Wildman–Crippen LogP) is 11.2. The first-order valence-corrected chi connectivity index (χ1v) is 16.0. The molecule has 0 amide bonds. The number of fused-ring (bicyclic) bond motifs is 6. The first-order valence-electron chi connectivity index (χ1n) is 16.0. The number of pyridine rings is 2. The first kappa shape index (κ1) is 31.4. The van der Waals surface area contributed by atoms with Crippen LogP contribution in [-0.4, -0.2) is 14.4 Å². The summed E-state index contributed by atoms with van der Waals surface area (Å²) >= 11 is 0. The Labute approximate surface area is 294 Å². The second kappa shape index (κ2) is 12.8. The molecule has 0 saturated heterocycles. The minimum absolute atomic E-state index is 0. The summed E-state index contributed by atoms with van der Waals surface area (Å²) < 4.78 is 2.39. The first-order chi connectivity index (χ1) is 23.0. The van der Waals surface area contributed by atoms with Gasteiger partial charge in [0, 0.05) is 54.4 Å². The van der Waals surface area contributed by atoms with Crippen LogP contribution in [0, 0.1) is 12.1 Å². The molecule has 0 bridgehead atoms. The molecular weight excluding hydrogens is 763 g/mol. The van der Waals surface area contributed by atoms with Gasteiger partial charge in [0.1, 0.15) is 0 Å². The Kier molecular flexibility index (Phi) is 8.39. The van der Waals surface area contributed by atoms with E-state index in [1.807, 2.05) is 48.7 Å². The van der Waals surface area contributed by atoms with Gasteiger partial charge in [0.05, 0.1) is 5.52 Å². The van der Waals surface area contributed by atoms with Crippen molar-refractivity contribution in [3.63, 3.8) is 0 Å². The molecule has 4 aromatic heterocycles. The number of nitrogens with zero attached hydrogens (tertiary/aromatic N) is 3. The van der Waals surface area contributed by atoms with Gasteiger partial charge in [-0.2, -0.15) is 0 Å². The number of hydrogen-bond acceptors (Lipinski definition) is 2. The van der Waals surface area contributed by atoms with Crippen molar-refractivity contribution in [3.8, 4) is 33.6 Å². The minimum Gasteiger partial charge on any atom is -0.350 e. The van der Waals surface area contributed by atoms with E-state index in [1.54, 1.807) is 6.20 Å². The van der Waals surface area contributed by atoms with Gasteiger partial charge in [-0.3, -0.25) is 0 Å². The van der Waals surface area contributed by atoms with E-state index < -0.39 is 0 Å². The van der Waals surface area contributed by atoms with Crippen LogP contribution in [-0.2, 0) is 25.5 Å². The topological polar surface area (TPSA) is 30.2 Å². The van der Waals surface area contributed by atoms with E-state index in [1.165, 1.54) is 54.8 Å². The molecule has 4 heterocycles. The Morgan fingerprint density at radius 2 is 1.31 bits per heavy atom. The summed E-state index contributed by atoms with van der Waals surface area (Å²) in [4.78, 5) is 9.14. The smallest absolute Gasteiger partial charge is 0.0516 e. The number of rotatable bonds is 3. The molecule has 9 aromatic rings. The summed E-state index contributed by atoms with van der Waals surface area (Å²) in [5.74, 6) is 0. The molecule has 0 saturated carbocycles. The summed E-state index contributed by atoms with van der Waals surface area (Å²) in [6.07, 6.45) is 3.82. The molecule has 4 heteroatoms. The molecule has 0 aliphatic carbocycles. The average Bonchev–Trinajstić information content (AvgIpc) is 3.64. The Balaban J connectivity index is 0.000000237.